The number of hydrogen-bond acceptors (Lipinski definition) is 4. The number of benzene rings is 1. The molecule has 4 heteroatoms. The molecule has 2 aromatic rings. The summed E-state index contributed by atoms with van der Waals surface area (Å²) in [5.41, 5.74) is 2.21. The van der Waals surface area contributed by atoms with E-state index in [0.717, 1.165) is 29.4 Å². The Bertz CT molecular complexity index is 606. The van der Waals surface area contributed by atoms with E-state index in [9.17, 15) is 0 Å². The van der Waals surface area contributed by atoms with Gasteiger partial charge in [-0.3, -0.25) is 0 Å². The van der Waals surface area contributed by atoms with Crippen molar-refractivity contribution in [2.45, 2.75) is 45.4 Å². The molecular weight excluding hydrogens is 268 g/mol. The number of ether oxygens (including phenoxy) is 1. The molecule has 2 heterocycles. The van der Waals surface area contributed by atoms with Crippen LogP contribution in [0, 0.1) is 6.92 Å². The molecule has 20 heavy (non-hydrogen) atoms. The largest absolute Gasteiger partial charge is 0.487 e. The fourth-order valence-corrected chi connectivity index (χ4v) is 3.40. The second-order valence-corrected chi connectivity index (χ2v) is 6.86. The lowest BCUT2D eigenvalue weighted by Crippen LogP contribution is -2.39. The minimum atomic E-state index is -0.134. The molecule has 1 atom stereocenters. The highest BCUT2D eigenvalue weighted by atomic mass is 32.1. The maximum Gasteiger partial charge on any atom is 0.124 e. The lowest BCUT2D eigenvalue weighted by molar-refractivity contribution is 0.0657. The molecule has 0 amide bonds. The quantitative estimate of drug-likeness (QED) is 0.931. The van der Waals surface area contributed by atoms with Crippen molar-refractivity contribution in [2.24, 2.45) is 0 Å². The summed E-state index contributed by atoms with van der Waals surface area (Å²) in [7, 11) is 0. The van der Waals surface area contributed by atoms with Gasteiger partial charge in [0.1, 0.15) is 16.4 Å². The lowest BCUT2D eigenvalue weighted by atomic mass is 9.90. The van der Waals surface area contributed by atoms with Gasteiger partial charge < -0.3 is 10.1 Å². The summed E-state index contributed by atoms with van der Waals surface area (Å²) >= 11 is 1.71. The van der Waals surface area contributed by atoms with Gasteiger partial charge in [-0.25, -0.2) is 4.98 Å². The van der Waals surface area contributed by atoms with Gasteiger partial charge in [0.2, 0.25) is 0 Å². The second-order valence-electron chi connectivity index (χ2n) is 5.92. The molecule has 1 aromatic carbocycles. The Kier molecular flexibility index (Phi) is 3.52. The van der Waals surface area contributed by atoms with Gasteiger partial charge in [-0.2, -0.15) is 0 Å². The zero-order valence-corrected chi connectivity index (χ0v) is 13.0. The van der Waals surface area contributed by atoms with Crippen LogP contribution in [0.2, 0.25) is 0 Å². The van der Waals surface area contributed by atoms with E-state index < -0.39 is 0 Å². The number of hydrogen-bond donors (Lipinski definition) is 1. The van der Waals surface area contributed by atoms with Gasteiger partial charge in [0.05, 0.1) is 0 Å². The lowest BCUT2D eigenvalue weighted by Gasteiger charge is -2.38. The Morgan fingerprint density at radius 2 is 2.20 bits per heavy atom. The summed E-state index contributed by atoms with van der Waals surface area (Å²) in [5, 5.41) is 6.87. The zero-order valence-electron chi connectivity index (χ0n) is 12.1. The van der Waals surface area contributed by atoms with E-state index in [1.807, 2.05) is 13.0 Å². The molecule has 1 aromatic heterocycles. The normalized spacial score (nSPS) is 20.2. The number of aryl methyl sites for hydroxylation is 1. The van der Waals surface area contributed by atoms with Crippen LogP contribution in [-0.2, 0) is 6.54 Å². The van der Waals surface area contributed by atoms with Crippen LogP contribution in [0.1, 0.15) is 42.6 Å². The Hall–Kier alpha value is -1.39. The summed E-state index contributed by atoms with van der Waals surface area (Å²) in [4.78, 5) is 4.51. The van der Waals surface area contributed by atoms with E-state index in [4.69, 9.17) is 4.74 Å². The Morgan fingerprint density at radius 1 is 1.40 bits per heavy atom. The number of para-hydroxylation sites is 1. The average molecular weight is 288 g/mol. The van der Waals surface area contributed by atoms with Crippen LogP contribution in [0.15, 0.2) is 29.6 Å². The number of thiazole rings is 1. The Morgan fingerprint density at radius 3 is 2.95 bits per heavy atom. The van der Waals surface area contributed by atoms with E-state index in [0.29, 0.717) is 6.04 Å². The first-order chi connectivity index (χ1) is 9.53. The van der Waals surface area contributed by atoms with Crippen LogP contribution < -0.4 is 10.1 Å². The predicted octanol–water partition coefficient (Wildman–Crippen LogP) is 3.84. The molecule has 0 radical (unpaired) electrons. The second kappa shape index (κ2) is 5.19. The molecule has 1 N–H and O–H groups in total. The van der Waals surface area contributed by atoms with Crippen LogP contribution in [0.4, 0.5) is 0 Å². The summed E-state index contributed by atoms with van der Waals surface area (Å²) in [6.45, 7) is 7.14. The van der Waals surface area contributed by atoms with Crippen LogP contribution in [0.5, 0.6) is 5.75 Å². The van der Waals surface area contributed by atoms with E-state index in [2.05, 4.69) is 47.7 Å². The number of aromatic nitrogens is 1. The highest BCUT2D eigenvalue weighted by molar-refractivity contribution is 7.09. The van der Waals surface area contributed by atoms with Crippen LogP contribution in [-0.4, -0.2) is 10.6 Å². The molecule has 1 unspecified atom stereocenters. The first-order valence-electron chi connectivity index (χ1n) is 6.96. The van der Waals surface area contributed by atoms with Crippen molar-refractivity contribution in [3.05, 3.63) is 45.9 Å². The SMILES string of the molecule is Cc1csc(CNC2CC(C)(C)Oc3ccccc32)n1. The van der Waals surface area contributed by atoms with Gasteiger partial charge in [0, 0.05) is 35.6 Å². The highest BCUT2D eigenvalue weighted by Gasteiger charge is 2.33. The summed E-state index contributed by atoms with van der Waals surface area (Å²) in [5.74, 6) is 0.997. The number of nitrogens with one attached hydrogen (secondary N) is 1. The standard InChI is InChI=1S/C16H20N2OS/c1-11-10-20-15(18-11)9-17-13-8-16(2,3)19-14-7-5-4-6-12(13)14/h4-7,10,13,17H,8-9H2,1-3H3. The van der Waals surface area contributed by atoms with Crippen LogP contribution in [0.25, 0.3) is 0 Å². The summed E-state index contributed by atoms with van der Waals surface area (Å²) in [6, 6.07) is 8.62. The topological polar surface area (TPSA) is 34.1 Å². The monoisotopic (exact) mass is 288 g/mol. The molecule has 106 valence electrons. The predicted molar refractivity (Wildman–Crippen MR) is 82.2 cm³/mol. The van der Waals surface area contributed by atoms with Crippen LogP contribution in [0.3, 0.4) is 0 Å². The molecule has 0 aliphatic carbocycles. The van der Waals surface area contributed by atoms with E-state index in [-0.39, 0.29) is 5.60 Å². The number of rotatable bonds is 3. The van der Waals surface area contributed by atoms with E-state index >= 15 is 0 Å². The first-order valence-corrected chi connectivity index (χ1v) is 7.84. The van der Waals surface area contributed by atoms with Crippen molar-refractivity contribution < 1.29 is 4.74 Å². The summed E-state index contributed by atoms with van der Waals surface area (Å²) in [6.07, 6.45) is 0.967. The molecule has 3 rings (SSSR count). The Labute approximate surface area is 124 Å². The van der Waals surface area contributed by atoms with Gasteiger partial charge in [-0.15, -0.1) is 11.3 Å². The van der Waals surface area contributed by atoms with Gasteiger partial charge >= 0.3 is 0 Å². The molecule has 3 nitrogen and oxygen atoms in total. The van der Waals surface area contributed by atoms with Crippen LogP contribution >= 0.6 is 11.3 Å². The fraction of sp³-hybridized carbons (Fsp3) is 0.438. The van der Waals surface area contributed by atoms with E-state index in [1.165, 1.54) is 5.56 Å². The molecule has 0 fully saturated rings. The maximum absolute atomic E-state index is 6.05. The number of nitrogens with zero attached hydrogens (tertiary/aromatic N) is 1. The molecular formula is C16H20N2OS. The maximum atomic E-state index is 6.05. The van der Waals surface area contributed by atoms with Crippen molar-refractivity contribution in [1.82, 2.24) is 10.3 Å². The Balaban J connectivity index is 1.78. The van der Waals surface area contributed by atoms with Crippen molar-refractivity contribution in [2.75, 3.05) is 0 Å². The molecule has 0 bridgehead atoms. The highest BCUT2D eigenvalue weighted by Crippen LogP contribution is 2.39. The molecule has 1 aliphatic rings. The minimum absolute atomic E-state index is 0.134. The molecule has 0 spiro atoms. The van der Waals surface area contributed by atoms with Gasteiger partial charge in [0.15, 0.2) is 0 Å². The number of fused-ring (bicyclic) bond motifs is 1. The van der Waals surface area contributed by atoms with Crippen molar-refractivity contribution >= 4 is 11.3 Å². The van der Waals surface area contributed by atoms with Crippen molar-refractivity contribution in [3.8, 4) is 5.75 Å². The zero-order chi connectivity index (χ0) is 14.2. The first kappa shape index (κ1) is 13.6. The van der Waals surface area contributed by atoms with E-state index in [1.54, 1.807) is 11.3 Å². The summed E-state index contributed by atoms with van der Waals surface area (Å²) < 4.78 is 6.05. The third-order valence-electron chi connectivity index (χ3n) is 3.54. The third-order valence-corrected chi connectivity index (χ3v) is 4.51. The van der Waals surface area contributed by atoms with Gasteiger partial charge in [0.25, 0.3) is 0 Å². The fourth-order valence-electron chi connectivity index (χ4n) is 2.68. The van der Waals surface area contributed by atoms with Crippen molar-refractivity contribution in [3.63, 3.8) is 0 Å². The van der Waals surface area contributed by atoms with Gasteiger partial charge in [-0.05, 0) is 26.8 Å². The third kappa shape index (κ3) is 2.86. The molecule has 0 saturated heterocycles. The molecule has 1 aliphatic heterocycles. The molecule has 0 saturated carbocycles. The minimum Gasteiger partial charge on any atom is -0.487 e. The van der Waals surface area contributed by atoms with Crippen molar-refractivity contribution in [1.29, 1.82) is 0 Å². The average Bonchev–Trinajstić information content (AvgIpc) is 2.80. The van der Waals surface area contributed by atoms with Gasteiger partial charge in [-0.1, -0.05) is 18.2 Å². The smallest absolute Gasteiger partial charge is 0.124 e.